The molecular weight excluding hydrogens is 709 g/mol. The number of benzene rings is 4. The molecule has 3 atom stereocenters. The molecule has 2 aliphatic rings. The van der Waals surface area contributed by atoms with Crippen molar-refractivity contribution in [2.24, 2.45) is 0 Å². The van der Waals surface area contributed by atoms with E-state index in [4.69, 9.17) is 23.7 Å². The third-order valence-corrected chi connectivity index (χ3v) is 10.8. The predicted octanol–water partition coefficient (Wildman–Crippen LogP) is 7.24. The standard InChI is InChI=1S/C45H52N4O7/c1-52-23-8-21-48-22-24-54-42-18-13-33(25-41(42)48)31-55-43-29-49(45(51)56-30-32-9-4-3-5-10-32)36(26-39(43)34-14-16-37(53-2)17-15-34)27-44(50)46-20-19-35-28-47-40-12-7-6-11-38(35)40/h3-7,9-18,25,28,36,39,43,47H,8,19-24,26-27,29-31H2,1-2H3,(H,46,50)/t36-,39+,43-/m0/s1. The van der Waals surface area contributed by atoms with Crippen LogP contribution in [-0.2, 0) is 38.6 Å². The SMILES string of the molecule is COCCCN1CCOc2ccc(CO[C@H]3CN(C(=O)OCc4ccccc4)[C@H](CC(=O)NCCc4c[nH]c5ccccc45)C[C@@H]3c3ccc(OC)cc3)cc21. The maximum atomic E-state index is 14.0. The topological polar surface area (TPSA) is 115 Å². The van der Waals surface area contributed by atoms with E-state index < -0.39 is 12.1 Å². The van der Waals surface area contributed by atoms with Gasteiger partial charge in [-0.2, -0.15) is 0 Å². The Morgan fingerprint density at radius 3 is 2.57 bits per heavy atom. The molecule has 0 saturated carbocycles. The third-order valence-electron chi connectivity index (χ3n) is 10.8. The van der Waals surface area contributed by atoms with Gasteiger partial charge >= 0.3 is 6.09 Å². The first-order valence-electron chi connectivity index (χ1n) is 19.5. The molecule has 2 N–H and O–H groups in total. The van der Waals surface area contributed by atoms with Crippen LogP contribution in [0.4, 0.5) is 10.5 Å². The molecule has 1 saturated heterocycles. The number of nitrogens with zero attached hydrogens (tertiary/aromatic N) is 2. The lowest BCUT2D eigenvalue weighted by Crippen LogP contribution is -2.53. The van der Waals surface area contributed by atoms with Gasteiger partial charge in [-0.05, 0) is 71.8 Å². The number of nitrogens with one attached hydrogen (secondary N) is 2. The zero-order valence-corrected chi connectivity index (χ0v) is 32.3. The molecule has 1 fully saturated rings. The molecule has 0 unspecified atom stereocenters. The Morgan fingerprint density at radius 1 is 0.929 bits per heavy atom. The average Bonchev–Trinajstić information content (AvgIpc) is 3.65. The summed E-state index contributed by atoms with van der Waals surface area (Å²) in [6.45, 7) is 4.22. The Kier molecular flexibility index (Phi) is 13.1. The molecule has 4 aromatic carbocycles. The number of rotatable bonds is 16. The van der Waals surface area contributed by atoms with Crippen LogP contribution in [0.1, 0.15) is 47.4 Å². The van der Waals surface area contributed by atoms with E-state index in [0.29, 0.717) is 39.2 Å². The van der Waals surface area contributed by atoms with Crippen LogP contribution in [0, 0.1) is 0 Å². The van der Waals surface area contributed by atoms with Gasteiger partial charge in [-0.25, -0.2) is 4.79 Å². The van der Waals surface area contributed by atoms with Gasteiger partial charge in [-0.1, -0.05) is 66.7 Å². The van der Waals surface area contributed by atoms with Gasteiger partial charge in [0, 0.05) is 62.3 Å². The van der Waals surface area contributed by atoms with Crippen LogP contribution in [0.5, 0.6) is 11.5 Å². The molecule has 294 valence electrons. The molecule has 0 spiro atoms. The summed E-state index contributed by atoms with van der Waals surface area (Å²) < 4.78 is 29.4. The molecule has 56 heavy (non-hydrogen) atoms. The molecule has 7 rings (SSSR count). The van der Waals surface area contributed by atoms with Crippen molar-refractivity contribution in [2.45, 2.75) is 57.0 Å². The molecule has 1 aromatic heterocycles. The Labute approximate surface area is 328 Å². The highest BCUT2D eigenvalue weighted by molar-refractivity contribution is 5.83. The maximum Gasteiger partial charge on any atom is 0.410 e. The first-order chi connectivity index (χ1) is 27.5. The maximum absolute atomic E-state index is 14.0. The van der Waals surface area contributed by atoms with Gasteiger partial charge in [0.05, 0.1) is 38.6 Å². The number of H-pyrrole nitrogens is 1. The van der Waals surface area contributed by atoms with Crippen molar-refractivity contribution in [3.63, 3.8) is 0 Å². The van der Waals surface area contributed by atoms with Crippen LogP contribution < -0.4 is 19.7 Å². The summed E-state index contributed by atoms with van der Waals surface area (Å²) in [6, 6.07) is 31.5. The normalized spacial score (nSPS) is 17.9. The molecule has 0 aliphatic carbocycles. The fourth-order valence-corrected chi connectivity index (χ4v) is 7.84. The Balaban J connectivity index is 1.09. The van der Waals surface area contributed by atoms with E-state index >= 15 is 0 Å². The van der Waals surface area contributed by atoms with Gasteiger partial charge in [0.2, 0.25) is 5.91 Å². The number of anilines is 1. The Morgan fingerprint density at radius 2 is 1.75 bits per heavy atom. The molecule has 11 heteroatoms. The predicted molar refractivity (Wildman–Crippen MR) is 216 cm³/mol. The second kappa shape index (κ2) is 18.9. The number of methoxy groups -OCH3 is 2. The highest BCUT2D eigenvalue weighted by Crippen LogP contribution is 2.38. The smallest absolute Gasteiger partial charge is 0.410 e. The summed E-state index contributed by atoms with van der Waals surface area (Å²) in [5.41, 5.74) is 6.22. The number of carbonyl (C=O) groups excluding carboxylic acids is 2. The fourth-order valence-electron chi connectivity index (χ4n) is 7.84. The van der Waals surface area contributed by atoms with E-state index in [1.807, 2.05) is 79.0 Å². The van der Waals surface area contributed by atoms with Gasteiger partial charge in [0.15, 0.2) is 0 Å². The van der Waals surface area contributed by atoms with Crippen molar-refractivity contribution in [1.82, 2.24) is 15.2 Å². The Hall–Kier alpha value is -5.52. The van der Waals surface area contributed by atoms with Crippen molar-refractivity contribution < 1.29 is 33.3 Å². The lowest BCUT2D eigenvalue weighted by atomic mass is 9.82. The number of aromatic amines is 1. The summed E-state index contributed by atoms with van der Waals surface area (Å²) in [6.07, 6.45) is 3.41. The van der Waals surface area contributed by atoms with Crippen molar-refractivity contribution in [2.75, 3.05) is 58.5 Å². The number of hydrogen-bond donors (Lipinski definition) is 2. The lowest BCUT2D eigenvalue weighted by Gasteiger charge is -2.43. The van der Waals surface area contributed by atoms with E-state index in [2.05, 4.69) is 39.5 Å². The molecule has 2 aliphatic heterocycles. The van der Waals surface area contributed by atoms with E-state index in [9.17, 15) is 9.59 Å². The quantitative estimate of drug-likeness (QED) is 0.101. The monoisotopic (exact) mass is 760 g/mol. The molecule has 5 aromatic rings. The second-order valence-electron chi connectivity index (χ2n) is 14.5. The number of piperidine rings is 1. The minimum Gasteiger partial charge on any atom is -0.497 e. The van der Waals surface area contributed by atoms with Gasteiger partial charge in [-0.3, -0.25) is 4.79 Å². The minimum atomic E-state index is -0.468. The highest BCUT2D eigenvalue weighted by atomic mass is 16.6. The molecule has 0 radical (unpaired) electrons. The van der Waals surface area contributed by atoms with E-state index in [-0.39, 0.29) is 37.5 Å². The largest absolute Gasteiger partial charge is 0.497 e. The average molecular weight is 761 g/mol. The summed E-state index contributed by atoms with van der Waals surface area (Å²) in [5, 5.41) is 4.27. The van der Waals surface area contributed by atoms with Gasteiger partial charge in [-0.15, -0.1) is 0 Å². The van der Waals surface area contributed by atoms with Crippen LogP contribution in [0.15, 0.2) is 103 Å². The second-order valence-corrected chi connectivity index (χ2v) is 14.5. The molecule has 2 amide bonds. The van der Waals surface area contributed by atoms with Crippen LogP contribution >= 0.6 is 0 Å². The van der Waals surface area contributed by atoms with E-state index in [1.165, 1.54) is 0 Å². The number of ether oxygens (including phenoxy) is 5. The lowest BCUT2D eigenvalue weighted by molar-refractivity contribution is -0.123. The molecular formula is C45H52N4O7. The molecule has 3 heterocycles. The van der Waals surface area contributed by atoms with Crippen molar-refractivity contribution in [3.8, 4) is 11.5 Å². The van der Waals surface area contributed by atoms with Crippen molar-refractivity contribution in [3.05, 3.63) is 126 Å². The van der Waals surface area contributed by atoms with Crippen LogP contribution in [0.25, 0.3) is 10.9 Å². The first-order valence-corrected chi connectivity index (χ1v) is 19.5. The summed E-state index contributed by atoms with van der Waals surface area (Å²) in [7, 11) is 3.37. The van der Waals surface area contributed by atoms with Gasteiger partial charge < -0.3 is 43.8 Å². The summed E-state index contributed by atoms with van der Waals surface area (Å²) in [5.74, 6) is 1.40. The first kappa shape index (κ1) is 38.7. The molecule has 0 bridgehead atoms. The fraction of sp³-hybridized carbons (Fsp3) is 0.378. The zero-order valence-electron chi connectivity index (χ0n) is 32.3. The number of hydrogen-bond acceptors (Lipinski definition) is 8. The molecule has 11 nitrogen and oxygen atoms in total. The summed E-state index contributed by atoms with van der Waals surface area (Å²) >= 11 is 0. The Bertz CT molecular complexity index is 2040. The van der Waals surface area contributed by atoms with Crippen LogP contribution in [0.3, 0.4) is 0 Å². The van der Waals surface area contributed by atoms with Gasteiger partial charge in [0.1, 0.15) is 24.7 Å². The number of likely N-dealkylation sites (tertiary alicyclic amines) is 1. The van der Waals surface area contributed by atoms with Crippen LogP contribution in [0.2, 0.25) is 0 Å². The number of carbonyl (C=O) groups is 2. The van der Waals surface area contributed by atoms with Crippen molar-refractivity contribution in [1.29, 1.82) is 0 Å². The number of aromatic nitrogens is 1. The minimum absolute atomic E-state index is 0.102. The highest BCUT2D eigenvalue weighted by Gasteiger charge is 2.41. The van der Waals surface area contributed by atoms with Crippen LogP contribution in [-0.4, -0.2) is 87.6 Å². The number of fused-ring (bicyclic) bond motifs is 2. The number of amides is 2. The number of para-hydroxylation sites is 1. The van der Waals surface area contributed by atoms with E-state index in [0.717, 1.165) is 69.9 Å². The third kappa shape index (κ3) is 9.64. The van der Waals surface area contributed by atoms with Gasteiger partial charge in [0.25, 0.3) is 0 Å². The zero-order chi connectivity index (χ0) is 38.7. The summed E-state index contributed by atoms with van der Waals surface area (Å²) in [4.78, 5) is 35.0. The van der Waals surface area contributed by atoms with Crippen molar-refractivity contribution >= 4 is 28.6 Å². The van der Waals surface area contributed by atoms with E-state index in [1.54, 1.807) is 19.1 Å².